The van der Waals surface area contributed by atoms with E-state index >= 15 is 0 Å². The van der Waals surface area contributed by atoms with Gasteiger partial charge in [0.1, 0.15) is 5.69 Å². The Kier molecular flexibility index (Phi) is 9.06. The third-order valence-electron chi connectivity index (χ3n) is 7.76. The molecular formula is C33H29F6N3O2S. The molecule has 4 aromatic rings. The second kappa shape index (κ2) is 12.7. The van der Waals surface area contributed by atoms with Crippen molar-refractivity contribution in [2.45, 2.75) is 51.0 Å². The standard InChI is InChI=1S/C33H29F6N3O2S/c1-20(2)42(25-13-11-24(12-14-25)33(37,38)39)31(44)28-19-45-29(40-28)22-15-17-41(18-16-22)30(43)27-6-4-3-5-26(27)21-7-9-23(10-8-21)32(34,35)36/h3-14,19-20,22H,15-18H2,1-2H3. The average Bonchev–Trinajstić information content (AvgIpc) is 3.51. The molecule has 0 bridgehead atoms. The van der Waals surface area contributed by atoms with Crippen molar-refractivity contribution in [3.63, 3.8) is 0 Å². The van der Waals surface area contributed by atoms with E-state index in [1.807, 2.05) is 0 Å². The topological polar surface area (TPSA) is 53.5 Å². The second-order valence-electron chi connectivity index (χ2n) is 11.1. The maximum absolute atomic E-state index is 13.5. The highest BCUT2D eigenvalue weighted by Gasteiger charge is 2.33. The molecule has 236 valence electrons. The molecule has 45 heavy (non-hydrogen) atoms. The van der Waals surface area contributed by atoms with Gasteiger partial charge in [-0.15, -0.1) is 11.3 Å². The Hall–Kier alpha value is -4.19. The van der Waals surface area contributed by atoms with Crippen LogP contribution in [0.4, 0.5) is 32.0 Å². The van der Waals surface area contributed by atoms with E-state index in [1.165, 1.54) is 40.5 Å². The number of hydrogen-bond donors (Lipinski definition) is 0. The lowest BCUT2D eigenvalue weighted by molar-refractivity contribution is -0.138. The number of aromatic nitrogens is 1. The number of likely N-dealkylation sites (tertiary alicyclic amines) is 1. The predicted molar refractivity (Wildman–Crippen MR) is 160 cm³/mol. The number of nitrogens with zero attached hydrogens (tertiary/aromatic N) is 3. The zero-order chi connectivity index (χ0) is 32.5. The normalized spacial score (nSPS) is 14.6. The highest BCUT2D eigenvalue weighted by Crippen LogP contribution is 2.35. The van der Waals surface area contributed by atoms with Crippen LogP contribution in [0.5, 0.6) is 0 Å². The van der Waals surface area contributed by atoms with E-state index in [2.05, 4.69) is 4.98 Å². The van der Waals surface area contributed by atoms with Gasteiger partial charge in [0.2, 0.25) is 0 Å². The van der Waals surface area contributed by atoms with Gasteiger partial charge in [-0.2, -0.15) is 26.3 Å². The van der Waals surface area contributed by atoms with E-state index in [9.17, 15) is 35.9 Å². The van der Waals surface area contributed by atoms with Crippen molar-refractivity contribution in [2.75, 3.05) is 18.0 Å². The van der Waals surface area contributed by atoms with Gasteiger partial charge < -0.3 is 9.80 Å². The number of alkyl halides is 6. The lowest BCUT2D eigenvalue weighted by Crippen LogP contribution is -2.38. The van der Waals surface area contributed by atoms with Crippen LogP contribution in [0.1, 0.15) is 69.6 Å². The molecule has 1 aliphatic heterocycles. The summed E-state index contributed by atoms with van der Waals surface area (Å²) in [7, 11) is 0. The van der Waals surface area contributed by atoms with Crippen molar-refractivity contribution in [1.82, 2.24) is 9.88 Å². The number of thiazole rings is 1. The summed E-state index contributed by atoms with van der Waals surface area (Å²) in [6.07, 6.45) is -7.74. The maximum Gasteiger partial charge on any atom is 0.416 e. The fourth-order valence-electron chi connectivity index (χ4n) is 5.42. The first-order valence-electron chi connectivity index (χ1n) is 14.3. The van der Waals surface area contributed by atoms with Crippen LogP contribution in [-0.4, -0.2) is 40.8 Å². The Morgan fingerprint density at radius 2 is 1.40 bits per heavy atom. The summed E-state index contributed by atoms with van der Waals surface area (Å²) in [6.45, 7) is 4.39. The first kappa shape index (κ1) is 32.2. The van der Waals surface area contributed by atoms with Crippen LogP contribution < -0.4 is 4.90 Å². The minimum atomic E-state index is -4.48. The summed E-state index contributed by atoms with van der Waals surface area (Å²) < 4.78 is 78.2. The van der Waals surface area contributed by atoms with Crippen LogP contribution in [-0.2, 0) is 12.4 Å². The average molecular weight is 646 g/mol. The van der Waals surface area contributed by atoms with E-state index in [4.69, 9.17) is 0 Å². The molecule has 1 saturated heterocycles. The minimum Gasteiger partial charge on any atom is -0.339 e. The highest BCUT2D eigenvalue weighted by molar-refractivity contribution is 7.10. The molecular weight excluding hydrogens is 616 g/mol. The van der Waals surface area contributed by atoms with Crippen LogP contribution in [0.2, 0.25) is 0 Å². The van der Waals surface area contributed by atoms with Crippen LogP contribution in [0.3, 0.4) is 0 Å². The molecule has 0 aliphatic carbocycles. The lowest BCUT2D eigenvalue weighted by Gasteiger charge is -2.31. The number of benzene rings is 3. The molecule has 1 aromatic heterocycles. The molecule has 5 nitrogen and oxygen atoms in total. The molecule has 5 rings (SSSR count). The summed E-state index contributed by atoms with van der Waals surface area (Å²) in [5.41, 5.74) is 0.424. The van der Waals surface area contributed by atoms with E-state index in [0.29, 0.717) is 48.3 Å². The van der Waals surface area contributed by atoms with Crippen LogP contribution in [0.15, 0.2) is 78.2 Å². The number of amides is 2. The van der Waals surface area contributed by atoms with Crippen LogP contribution in [0, 0.1) is 0 Å². The minimum absolute atomic E-state index is 0.00401. The molecule has 0 unspecified atom stereocenters. The smallest absolute Gasteiger partial charge is 0.339 e. The molecule has 3 aromatic carbocycles. The lowest BCUT2D eigenvalue weighted by atomic mass is 9.94. The summed E-state index contributed by atoms with van der Waals surface area (Å²) in [4.78, 5) is 34.7. The van der Waals surface area contributed by atoms with Crippen LogP contribution >= 0.6 is 11.3 Å². The van der Waals surface area contributed by atoms with Gasteiger partial charge in [-0.05, 0) is 80.3 Å². The SMILES string of the molecule is CC(C)N(C(=O)c1csc(C2CCN(C(=O)c3ccccc3-c3ccc(C(F)(F)F)cc3)CC2)n1)c1ccc(C(F)(F)F)cc1. The molecule has 1 aliphatic rings. The predicted octanol–water partition coefficient (Wildman–Crippen LogP) is 8.92. The summed E-state index contributed by atoms with van der Waals surface area (Å²) >= 11 is 1.33. The molecule has 0 radical (unpaired) electrons. The Balaban J connectivity index is 1.26. The molecule has 0 N–H and O–H groups in total. The van der Waals surface area contributed by atoms with Crippen molar-refractivity contribution in [2.24, 2.45) is 0 Å². The maximum atomic E-state index is 13.5. The first-order valence-corrected chi connectivity index (χ1v) is 15.1. The van der Waals surface area contributed by atoms with Gasteiger partial charge in [0.15, 0.2) is 0 Å². The quantitative estimate of drug-likeness (QED) is 0.197. The van der Waals surface area contributed by atoms with E-state index in [0.717, 1.165) is 29.3 Å². The molecule has 2 amide bonds. The molecule has 1 fully saturated rings. The largest absolute Gasteiger partial charge is 0.416 e. The van der Waals surface area contributed by atoms with Gasteiger partial charge in [-0.1, -0.05) is 30.3 Å². The van der Waals surface area contributed by atoms with Crippen molar-refractivity contribution >= 4 is 28.8 Å². The van der Waals surface area contributed by atoms with Crippen molar-refractivity contribution in [3.8, 4) is 11.1 Å². The van der Waals surface area contributed by atoms with Crippen LogP contribution in [0.25, 0.3) is 11.1 Å². The Morgan fingerprint density at radius 3 is 1.96 bits per heavy atom. The van der Waals surface area contributed by atoms with Crippen molar-refractivity contribution in [1.29, 1.82) is 0 Å². The number of piperidine rings is 1. The van der Waals surface area contributed by atoms with Crippen molar-refractivity contribution in [3.05, 3.63) is 106 Å². The number of carbonyl (C=O) groups is 2. The Bertz CT molecular complexity index is 1660. The van der Waals surface area contributed by atoms with E-state index < -0.39 is 29.4 Å². The van der Waals surface area contributed by atoms with E-state index in [1.54, 1.807) is 48.4 Å². The Morgan fingerprint density at radius 1 is 0.844 bits per heavy atom. The fourth-order valence-corrected chi connectivity index (χ4v) is 6.38. The number of hydrogen-bond acceptors (Lipinski definition) is 4. The summed E-state index contributed by atoms with van der Waals surface area (Å²) in [5, 5.41) is 2.39. The fraction of sp³-hybridized carbons (Fsp3) is 0.303. The number of anilines is 1. The third-order valence-corrected chi connectivity index (χ3v) is 8.77. The second-order valence-corrected chi connectivity index (χ2v) is 12.0. The summed E-state index contributed by atoms with van der Waals surface area (Å²) in [6, 6.07) is 15.6. The van der Waals surface area contributed by atoms with Gasteiger partial charge in [-0.3, -0.25) is 9.59 Å². The van der Waals surface area contributed by atoms with Gasteiger partial charge in [0, 0.05) is 41.7 Å². The molecule has 2 heterocycles. The highest BCUT2D eigenvalue weighted by atomic mass is 32.1. The zero-order valence-corrected chi connectivity index (χ0v) is 25.1. The molecule has 0 spiro atoms. The summed E-state index contributed by atoms with van der Waals surface area (Å²) in [5.74, 6) is -0.632. The molecule has 0 saturated carbocycles. The molecule has 12 heteroatoms. The van der Waals surface area contributed by atoms with Gasteiger partial charge >= 0.3 is 12.4 Å². The number of halogens is 6. The van der Waals surface area contributed by atoms with Crippen molar-refractivity contribution < 1.29 is 35.9 Å². The van der Waals surface area contributed by atoms with E-state index in [-0.39, 0.29) is 23.6 Å². The zero-order valence-electron chi connectivity index (χ0n) is 24.3. The monoisotopic (exact) mass is 645 g/mol. The first-order chi connectivity index (χ1) is 21.2. The third kappa shape index (κ3) is 7.06. The van der Waals surface area contributed by atoms with Gasteiger partial charge in [-0.25, -0.2) is 4.98 Å². The number of rotatable bonds is 6. The Labute approximate surface area is 260 Å². The van der Waals surface area contributed by atoms with Gasteiger partial charge in [0.25, 0.3) is 11.8 Å². The molecule has 0 atom stereocenters. The van der Waals surface area contributed by atoms with Gasteiger partial charge in [0.05, 0.1) is 16.1 Å². The number of carbonyl (C=O) groups excluding carboxylic acids is 2.